The first-order valence-corrected chi connectivity index (χ1v) is 6.29. The number of halogens is 1. The van der Waals surface area contributed by atoms with E-state index in [0.717, 1.165) is 16.4 Å². The maximum atomic E-state index is 8.76. The number of benzene rings is 1. The van der Waals surface area contributed by atoms with Crippen LogP contribution in [0.2, 0.25) is 5.02 Å². The van der Waals surface area contributed by atoms with Crippen LogP contribution in [0.5, 0.6) is 0 Å². The molecule has 2 rings (SSSR count). The summed E-state index contributed by atoms with van der Waals surface area (Å²) in [6.07, 6.45) is 0. The van der Waals surface area contributed by atoms with Crippen molar-refractivity contribution in [2.24, 2.45) is 0 Å². The molecule has 0 aliphatic rings. The number of aryl methyl sites for hydroxylation is 1. The summed E-state index contributed by atoms with van der Waals surface area (Å²) in [6, 6.07) is 7.32. The summed E-state index contributed by atoms with van der Waals surface area (Å²) < 4.78 is 0. The first kappa shape index (κ1) is 11.9. The van der Waals surface area contributed by atoms with Gasteiger partial charge in [-0.3, -0.25) is 0 Å². The first-order chi connectivity index (χ1) is 8.19. The van der Waals surface area contributed by atoms with E-state index in [1.807, 2.05) is 24.4 Å². The summed E-state index contributed by atoms with van der Waals surface area (Å²) in [4.78, 5) is 4.35. The third kappa shape index (κ3) is 2.96. The lowest BCUT2D eigenvalue weighted by atomic mass is 10.2. The van der Waals surface area contributed by atoms with Crippen molar-refractivity contribution in [3.63, 3.8) is 0 Å². The maximum Gasteiger partial charge on any atom is 0.112 e. The highest BCUT2D eigenvalue weighted by atomic mass is 35.5. The van der Waals surface area contributed by atoms with E-state index in [1.54, 1.807) is 23.5 Å². The molecule has 2 aromatic rings. The maximum absolute atomic E-state index is 8.76. The lowest BCUT2D eigenvalue weighted by Crippen LogP contribution is -1.99. The number of anilines is 1. The van der Waals surface area contributed by atoms with E-state index in [1.165, 1.54) is 0 Å². The molecule has 0 atom stereocenters. The molecule has 86 valence electrons. The van der Waals surface area contributed by atoms with Crippen molar-refractivity contribution in [1.82, 2.24) is 4.98 Å². The third-order valence-corrected chi connectivity index (χ3v) is 3.48. The molecule has 0 spiro atoms. The van der Waals surface area contributed by atoms with Crippen LogP contribution in [-0.2, 0) is 6.54 Å². The lowest BCUT2D eigenvalue weighted by Gasteiger charge is -2.05. The van der Waals surface area contributed by atoms with Crippen LogP contribution in [0.25, 0.3) is 0 Å². The quantitative estimate of drug-likeness (QED) is 0.921. The average molecular weight is 264 g/mol. The number of nitriles is 1. The average Bonchev–Trinajstić information content (AvgIpc) is 2.73. The van der Waals surface area contributed by atoms with E-state index >= 15 is 0 Å². The lowest BCUT2D eigenvalue weighted by molar-refractivity contribution is 1.08. The fraction of sp³-hybridized carbons (Fsp3) is 0.167. The molecule has 0 amide bonds. The van der Waals surface area contributed by atoms with Crippen LogP contribution in [0.3, 0.4) is 0 Å². The Morgan fingerprint density at radius 1 is 1.53 bits per heavy atom. The molecule has 1 aromatic carbocycles. The van der Waals surface area contributed by atoms with Crippen molar-refractivity contribution in [3.8, 4) is 6.07 Å². The highest BCUT2D eigenvalue weighted by Crippen LogP contribution is 2.21. The minimum Gasteiger partial charge on any atom is -0.378 e. The summed E-state index contributed by atoms with van der Waals surface area (Å²) in [6.45, 7) is 2.64. The van der Waals surface area contributed by atoms with Crippen LogP contribution in [-0.4, -0.2) is 4.98 Å². The third-order valence-electron chi connectivity index (χ3n) is 2.20. The van der Waals surface area contributed by atoms with Gasteiger partial charge >= 0.3 is 0 Å². The zero-order valence-electron chi connectivity index (χ0n) is 9.20. The second-order valence-corrected chi connectivity index (χ2v) is 4.89. The highest BCUT2D eigenvalue weighted by molar-refractivity contribution is 7.09. The molecule has 0 radical (unpaired) electrons. The fourth-order valence-electron chi connectivity index (χ4n) is 1.38. The van der Waals surface area contributed by atoms with Gasteiger partial charge in [-0.15, -0.1) is 11.3 Å². The van der Waals surface area contributed by atoms with Crippen molar-refractivity contribution < 1.29 is 0 Å². The van der Waals surface area contributed by atoms with Gasteiger partial charge in [0.15, 0.2) is 0 Å². The zero-order valence-corrected chi connectivity index (χ0v) is 10.8. The van der Waals surface area contributed by atoms with Crippen molar-refractivity contribution in [2.75, 3.05) is 5.32 Å². The summed E-state index contributed by atoms with van der Waals surface area (Å²) in [7, 11) is 0. The van der Waals surface area contributed by atoms with Crippen LogP contribution in [0.4, 0.5) is 5.69 Å². The van der Waals surface area contributed by atoms with Crippen LogP contribution < -0.4 is 5.32 Å². The van der Waals surface area contributed by atoms with E-state index in [0.29, 0.717) is 17.1 Å². The van der Waals surface area contributed by atoms with Crippen molar-refractivity contribution in [1.29, 1.82) is 5.26 Å². The fourth-order valence-corrected chi connectivity index (χ4v) is 2.31. The van der Waals surface area contributed by atoms with E-state index in [9.17, 15) is 0 Å². The van der Waals surface area contributed by atoms with Gasteiger partial charge in [-0.05, 0) is 25.1 Å². The molecule has 0 saturated heterocycles. The predicted molar refractivity (Wildman–Crippen MR) is 70.3 cm³/mol. The topological polar surface area (TPSA) is 48.7 Å². The summed E-state index contributed by atoms with van der Waals surface area (Å²) in [5.41, 5.74) is 2.41. The first-order valence-electron chi connectivity index (χ1n) is 5.03. The number of hydrogen-bond acceptors (Lipinski definition) is 4. The smallest absolute Gasteiger partial charge is 0.112 e. The molecule has 5 heteroatoms. The molecule has 0 aliphatic carbocycles. The molecule has 17 heavy (non-hydrogen) atoms. The number of nitrogens with zero attached hydrogens (tertiary/aromatic N) is 2. The van der Waals surface area contributed by atoms with E-state index in [2.05, 4.69) is 10.3 Å². The van der Waals surface area contributed by atoms with Gasteiger partial charge in [0.25, 0.3) is 0 Å². The summed E-state index contributed by atoms with van der Waals surface area (Å²) in [5, 5.41) is 15.5. The van der Waals surface area contributed by atoms with E-state index in [4.69, 9.17) is 16.9 Å². The Morgan fingerprint density at radius 2 is 2.35 bits per heavy atom. The number of aromatic nitrogens is 1. The standard InChI is InChI=1S/C12H10ClN3S/c1-8-7-17-12(16-8)6-15-10-3-2-9(5-14)11(13)4-10/h2-4,7,15H,6H2,1H3. The molecular formula is C12H10ClN3S. The van der Waals surface area contributed by atoms with Gasteiger partial charge in [0.2, 0.25) is 0 Å². The Hall–Kier alpha value is -1.57. The number of rotatable bonds is 3. The van der Waals surface area contributed by atoms with Crippen LogP contribution in [0, 0.1) is 18.3 Å². The van der Waals surface area contributed by atoms with E-state index in [-0.39, 0.29) is 0 Å². The molecule has 1 aromatic heterocycles. The minimum atomic E-state index is 0.466. The molecule has 1 N–H and O–H groups in total. The number of nitrogens with one attached hydrogen (secondary N) is 1. The Kier molecular flexibility index (Phi) is 3.62. The predicted octanol–water partition coefficient (Wildman–Crippen LogP) is 3.59. The second kappa shape index (κ2) is 5.17. The molecule has 0 aliphatic heterocycles. The van der Waals surface area contributed by atoms with Crippen molar-refractivity contribution >= 4 is 28.6 Å². The molecule has 1 heterocycles. The largest absolute Gasteiger partial charge is 0.378 e. The molecule has 3 nitrogen and oxygen atoms in total. The van der Waals surface area contributed by atoms with Crippen LogP contribution >= 0.6 is 22.9 Å². The van der Waals surface area contributed by atoms with Gasteiger partial charge < -0.3 is 5.32 Å². The van der Waals surface area contributed by atoms with Crippen LogP contribution in [0.15, 0.2) is 23.6 Å². The minimum absolute atomic E-state index is 0.466. The van der Waals surface area contributed by atoms with Gasteiger partial charge in [-0.1, -0.05) is 11.6 Å². The second-order valence-electron chi connectivity index (χ2n) is 3.54. The summed E-state index contributed by atoms with van der Waals surface area (Å²) in [5.74, 6) is 0. The van der Waals surface area contributed by atoms with Gasteiger partial charge in [0, 0.05) is 16.8 Å². The molecule has 0 fully saturated rings. The van der Waals surface area contributed by atoms with Gasteiger partial charge in [0.1, 0.15) is 11.1 Å². The Bertz CT molecular complexity index is 571. The molecule has 0 unspecified atom stereocenters. The van der Waals surface area contributed by atoms with Gasteiger partial charge in [-0.25, -0.2) is 4.98 Å². The van der Waals surface area contributed by atoms with E-state index < -0.39 is 0 Å². The molecular weight excluding hydrogens is 254 g/mol. The summed E-state index contributed by atoms with van der Waals surface area (Å²) >= 11 is 7.56. The zero-order chi connectivity index (χ0) is 12.3. The van der Waals surface area contributed by atoms with Crippen LogP contribution in [0.1, 0.15) is 16.3 Å². The molecule has 0 saturated carbocycles. The Morgan fingerprint density at radius 3 is 2.94 bits per heavy atom. The van der Waals surface area contributed by atoms with Gasteiger partial charge in [0.05, 0.1) is 17.1 Å². The SMILES string of the molecule is Cc1csc(CNc2ccc(C#N)c(Cl)c2)n1. The van der Waals surface area contributed by atoms with Gasteiger partial charge in [-0.2, -0.15) is 5.26 Å². The van der Waals surface area contributed by atoms with Crippen molar-refractivity contribution in [3.05, 3.63) is 44.9 Å². The Labute approximate surface area is 109 Å². The number of hydrogen-bond donors (Lipinski definition) is 1. The number of thiazole rings is 1. The van der Waals surface area contributed by atoms with Crippen molar-refractivity contribution in [2.45, 2.75) is 13.5 Å². The monoisotopic (exact) mass is 263 g/mol. The highest BCUT2D eigenvalue weighted by Gasteiger charge is 2.02. The normalized spacial score (nSPS) is 9.94. The molecule has 0 bridgehead atoms. The Balaban J connectivity index is 2.05.